The number of nitrogens with zero attached hydrogens (tertiary/aromatic N) is 3. The number of allylic oxidation sites excluding steroid dienone is 1. The number of fused-ring (bicyclic) bond motifs is 1. The van der Waals surface area contributed by atoms with Crippen LogP contribution in [0.3, 0.4) is 0 Å². The minimum Gasteiger partial charge on any atom is -0.465 e. The molecule has 7 nitrogen and oxygen atoms in total. The molecule has 0 aliphatic carbocycles. The number of esters is 1. The highest BCUT2D eigenvalue weighted by Gasteiger charge is 2.35. The van der Waals surface area contributed by atoms with Gasteiger partial charge in [-0.25, -0.2) is 12.8 Å². The van der Waals surface area contributed by atoms with E-state index in [9.17, 15) is 30.8 Å². The molecular weight excluding hydrogens is 622 g/mol. The number of carbonyl (C=O) groups excluding carboxylic acids is 1. The van der Waals surface area contributed by atoms with Crippen molar-refractivity contribution in [2.24, 2.45) is 0 Å². The molecule has 1 aliphatic heterocycles. The van der Waals surface area contributed by atoms with E-state index in [4.69, 9.17) is 16.3 Å². The van der Waals surface area contributed by atoms with Crippen LogP contribution in [0.15, 0.2) is 65.6 Å². The molecule has 44 heavy (non-hydrogen) atoms. The van der Waals surface area contributed by atoms with Crippen molar-refractivity contribution in [3.8, 4) is 0 Å². The number of likely N-dealkylation sites (N-methyl/N-ethyl adjacent to an activating group) is 1. The zero-order valence-electron chi connectivity index (χ0n) is 24.4. The fraction of sp³-hybridized carbons (Fsp3) is 0.323. The monoisotopic (exact) mass is 653 g/mol. The Balaban J connectivity index is 1.74. The molecule has 13 heteroatoms. The lowest BCUT2D eigenvalue weighted by atomic mass is 10.0. The Morgan fingerprint density at radius 3 is 2.48 bits per heavy atom. The second kappa shape index (κ2) is 13.6. The zero-order valence-corrected chi connectivity index (χ0v) is 25.9. The summed E-state index contributed by atoms with van der Waals surface area (Å²) in [5.41, 5.74) is 0.945. The molecular formula is C31H32ClF4N3O4S. The third kappa shape index (κ3) is 7.54. The van der Waals surface area contributed by atoms with Crippen LogP contribution in [0.25, 0.3) is 11.6 Å². The second-order valence-corrected chi connectivity index (χ2v) is 12.6. The molecule has 0 saturated carbocycles. The summed E-state index contributed by atoms with van der Waals surface area (Å²) in [6, 6.07) is 13.0. The van der Waals surface area contributed by atoms with Crippen molar-refractivity contribution in [3.63, 3.8) is 0 Å². The number of ether oxygens (including phenoxy) is 1. The average Bonchev–Trinajstić information content (AvgIpc) is 2.95. The minimum absolute atomic E-state index is 0.0432. The van der Waals surface area contributed by atoms with Gasteiger partial charge in [-0.15, -0.1) is 0 Å². The van der Waals surface area contributed by atoms with Gasteiger partial charge in [0.1, 0.15) is 5.82 Å². The van der Waals surface area contributed by atoms with Crippen molar-refractivity contribution in [2.45, 2.75) is 24.9 Å². The maximum Gasteiger partial charge on any atom is 0.416 e. The summed E-state index contributed by atoms with van der Waals surface area (Å²) in [4.78, 5) is 15.1. The molecule has 0 aromatic heterocycles. The lowest BCUT2D eigenvalue weighted by Gasteiger charge is -2.39. The van der Waals surface area contributed by atoms with Crippen LogP contribution in [0.4, 0.5) is 28.9 Å². The van der Waals surface area contributed by atoms with Crippen LogP contribution >= 0.6 is 11.6 Å². The van der Waals surface area contributed by atoms with Gasteiger partial charge in [-0.3, -0.25) is 14.0 Å². The van der Waals surface area contributed by atoms with Gasteiger partial charge in [-0.2, -0.15) is 13.2 Å². The molecule has 236 valence electrons. The van der Waals surface area contributed by atoms with Gasteiger partial charge in [0.15, 0.2) is 0 Å². The molecule has 0 atom stereocenters. The summed E-state index contributed by atoms with van der Waals surface area (Å²) < 4.78 is 88.7. The van der Waals surface area contributed by atoms with Crippen molar-refractivity contribution >= 4 is 50.6 Å². The molecule has 0 fully saturated rings. The molecule has 1 aliphatic rings. The third-order valence-corrected chi connectivity index (χ3v) is 9.25. The number of halogens is 5. The summed E-state index contributed by atoms with van der Waals surface area (Å²) in [7, 11) is -2.65. The van der Waals surface area contributed by atoms with Crippen LogP contribution in [0, 0.1) is 5.82 Å². The number of rotatable bonds is 10. The largest absolute Gasteiger partial charge is 0.465 e. The van der Waals surface area contributed by atoms with Gasteiger partial charge in [-0.05, 0) is 74.5 Å². The molecule has 0 radical (unpaired) electrons. The number of anilines is 2. The Kier molecular flexibility index (Phi) is 10.3. The third-order valence-electron chi connectivity index (χ3n) is 7.13. The van der Waals surface area contributed by atoms with Gasteiger partial charge in [0.2, 0.25) is 0 Å². The van der Waals surface area contributed by atoms with Gasteiger partial charge < -0.3 is 9.64 Å². The Hall–Kier alpha value is -3.61. The van der Waals surface area contributed by atoms with E-state index in [1.165, 1.54) is 12.1 Å². The van der Waals surface area contributed by atoms with Crippen molar-refractivity contribution in [1.29, 1.82) is 0 Å². The first-order valence-electron chi connectivity index (χ1n) is 13.8. The molecule has 0 spiro atoms. The average molecular weight is 654 g/mol. The smallest absolute Gasteiger partial charge is 0.416 e. The van der Waals surface area contributed by atoms with Crippen molar-refractivity contribution in [1.82, 2.24) is 4.90 Å². The lowest BCUT2D eigenvalue weighted by Crippen LogP contribution is -2.46. The van der Waals surface area contributed by atoms with Crippen LogP contribution in [-0.2, 0) is 25.7 Å². The van der Waals surface area contributed by atoms with Crippen molar-refractivity contribution in [3.05, 3.63) is 88.2 Å². The molecule has 0 N–H and O–H groups in total. The second-order valence-electron chi connectivity index (χ2n) is 10.3. The molecule has 1 heterocycles. The standard InChI is InChI=1S/C31H32ClF4N3O4S/c1-4-43-29(40)20-37(3)13-14-38-15-16-39(44(41,42)24-8-5-7-23(19-24)31(34,35)36)28-18-22(11-12-27(28)38)17-21(2)30-25(32)9-6-10-26(30)33/h5-12,17-19H,4,13-16,20H2,1-3H3/b21-17+. The van der Waals surface area contributed by atoms with Crippen LogP contribution < -0.4 is 9.21 Å². The topological polar surface area (TPSA) is 70.2 Å². The summed E-state index contributed by atoms with van der Waals surface area (Å²) in [5.74, 6) is -0.884. The first-order chi connectivity index (χ1) is 20.7. The summed E-state index contributed by atoms with van der Waals surface area (Å²) in [6.07, 6.45) is -3.06. The highest BCUT2D eigenvalue weighted by molar-refractivity contribution is 7.92. The molecule has 3 aromatic rings. The van der Waals surface area contributed by atoms with Crippen LogP contribution in [0.2, 0.25) is 5.02 Å². The summed E-state index contributed by atoms with van der Waals surface area (Å²) in [5, 5.41) is 0.212. The molecule has 4 rings (SSSR count). The maximum absolute atomic E-state index is 14.6. The van der Waals surface area contributed by atoms with E-state index in [2.05, 4.69) is 0 Å². The first-order valence-corrected chi connectivity index (χ1v) is 15.6. The van der Waals surface area contributed by atoms with E-state index in [0.29, 0.717) is 36.0 Å². The van der Waals surface area contributed by atoms with E-state index in [1.807, 2.05) is 4.90 Å². The molecule has 0 amide bonds. The van der Waals surface area contributed by atoms with Gasteiger partial charge in [-0.1, -0.05) is 35.9 Å². The fourth-order valence-corrected chi connectivity index (χ4v) is 6.81. The van der Waals surface area contributed by atoms with Crippen LogP contribution in [0.5, 0.6) is 0 Å². The van der Waals surface area contributed by atoms with Gasteiger partial charge in [0.25, 0.3) is 10.0 Å². The van der Waals surface area contributed by atoms with E-state index in [-0.39, 0.29) is 48.5 Å². The van der Waals surface area contributed by atoms with Gasteiger partial charge >= 0.3 is 12.1 Å². The zero-order chi connectivity index (χ0) is 32.2. The van der Waals surface area contributed by atoms with Crippen LogP contribution in [-0.4, -0.2) is 65.7 Å². The lowest BCUT2D eigenvalue weighted by molar-refractivity contribution is -0.144. The predicted molar refractivity (Wildman–Crippen MR) is 164 cm³/mol. The molecule has 3 aromatic carbocycles. The Morgan fingerprint density at radius 1 is 1.07 bits per heavy atom. The van der Waals surface area contributed by atoms with Crippen molar-refractivity contribution < 1.29 is 35.5 Å². The van der Waals surface area contributed by atoms with E-state index in [1.54, 1.807) is 56.1 Å². The van der Waals surface area contributed by atoms with E-state index in [0.717, 1.165) is 22.5 Å². The normalized spacial score (nSPS) is 14.2. The molecule has 0 bridgehead atoms. The number of hydrogen-bond acceptors (Lipinski definition) is 6. The first kappa shape index (κ1) is 33.3. The highest BCUT2D eigenvalue weighted by Crippen LogP contribution is 2.39. The summed E-state index contributed by atoms with van der Waals surface area (Å²) >= 11 is 6.24. The number of benzene rings is 3. The Bertz CT molecular complexity index is 1640. The highest BCUT2D eigenvalue weighted by atomic mass is 35.5. The van der Waals surface area contributed by atoms with Crippen LogP contribution in [0.1, 0.15) is 30.5 Å². The number of alkyl halides is 3. The van der Waals surface area contributed by atoms with E-state index >= 15 is 0 Å². The van der Waals surface area contributed by atoms with Gasteiger partial charge in [0, 0.05) is 25.2 Å². The van der Waals surface area contributed by atoms with E-state index < -0.39 is 32.5 Å². The number of sulfonamides is 1. The SMILES string of the molecule is CCOC(=O)CN(C)CCN1CCN(S(=O)(=O)c2cccc(C(F)(F)F)c2)c2cc(/C=C(\C)c3c(F)cccc3Cl)ccc21. The van der Waals surface area contributed by atoms with Crippen molar-refractivity contribution in [2.75, 3.05) is 55.6 Å². The maximum atomic E-state index is 14.6. The summed E-state index contributed by atoms with van der Waals surface area (Å²) in [6.45, 7) is 4.82. The van der Waals surface area contributed by atoms with Gasteiger partial charge in [0.05, 0.1) is 46.6 Å². The number of carbonyl (C=O) groups is 1. The predicted octanol–water partition coefficient (Wildman–Crippen LogP) is 6.57. The molecule has 0 unspecified atom stereocenters. The Morgan fingerprint density at radius 2 is 1.80 bits per heavy atom. The number of hydrogen-bond donors (Lipinski definition) is 0. The quantitative estimate of drug-likeness (QED) is 0.140. The molecule has 0 saturated heterocycles. The minimum atomic E-state index is -4.72. The fourth-order valence-electron chi connectivity index (χ4n) is 4.99. The Labute approximate surface area is 259 Å².